The molecular formula is C26H20. The van der Waals surface area contributed by atoms with Crippen LogP contribution >= 0.6 is 0 Å². The average molecular weight is 332 g/mol. The van der Waals surface area contributed by atoms with Gasteiger partial charge in [-0.15, -0.1) is 0 Å². The molecule has 0 unspecified atom stereocenters. The van der Waals surface area contributed by atoms with Crippen LogP contribution < -0.4 is 0 Å². The number of rotatable bonds is 1. The molecule has 0 aromatic heterocycles. The summed E-state index contributed by atoms with van der Waals surface area (Å²) in [7, 11) is 0. The van der Waals surface area contributed by atoms with Crippen molar-refractivity contribution in [3.05, 3.63) is 96.1 Å². The third-order valence-electron chi connectivity index (χ3n) is 5.29. The topological polar surface area (TPSA) is 0 Å². The Labute approximate surface area is 153 Å². The summed E-state index contributed by atoms with van der Waals surface area (Å²) >= 11 is 0. The van der Waals surface area contributed by atoms with Gasteiger partial charge in [0.15, 0.2) is 0 Å². The van der Waals surface area contributed by atoms with E-state index in [1.165, 1.54) is 54.6 Å². The second-order valence-corrected chi connectivity index (χ2v) is 7.23. The van der Waals surface area contributed by atoms with Gasteiger partial charge in [0.05, 0.1) is 0 Å². The predicted octanol–water partition coefficient (Wildman–Crippen LogP) is 7.43. The van der Waals surface area contributed by atoms with Gasteiger partial charge in [0, 0.05) is 0 Å². The molecule has 0 heteroatoms. The fourth-order valence-corrected chi connectivity index (χ4v) is 4.13. The zero-order valence-corrected chi connectivity index (χ0v) is 15.1. The number of hydrogen-bond donors (Lipinski definition) is 0. The van der Waals surface area contributed by atoms with Crippen LogP contribution in [-0.2, 0) is 0 Å². The van der Waals surface area contributed by atoms with Crippen LogP contribution in [0.1, 0.15) is 11.1 Å². The molecule has 0 N–H and O–H groups in total. The van der Waals surface area contributed by atoms with Gasteiger partial charge in [-0.25, -0.2) is 0 Å². The molecule has 0 saturated heterocycles. The number of benzene rings is 5. The molecule has 26 heavy (non-hydrogen) atoms. The Kier molecular flexibility index (Phi) is 3.33. The molecule has 0 aliphatic heterocycles. The van der Waals surface area contributed by atoms with E-state index in [4.69, 9.17) is 0 Å². The van der Waals surface area contributed by atoms with Gasteiger partial charge in [0.25, 0.3) is 0 Å². The Morgan fingerprint density at radius 3 is 1.77 bits per heavy atom. The lowest BCUT2D eigenvalue weighted by Gasteiger charge is -2.15. The molecule has 0 bridgehead atoms. The number of hydrogen-bond acceptors (Lipinski definition) is 0. The van der Waals surface area contributed by atoms with Gasteiger partial charge in [-0.05, 0) is 68.9 Å². The van der Waals surface area contributed by atoms with Crippen LogP contribution in [-0.4, -0.2) is 0 Å². The third-order valence-corrected chi connectivity index (χ3v) is 5.29. The molecule has 124 valence electrons. The minimum absolute atomic E-state index is 1.29. The van der Waals surface area contributed by atoms with E-state index in [-0.39, 0.29) is 0 Å². The maximum absolute atomic E-state index is 2.34. The van der Waals surface area contributed by atoms with Crippen LogP contribution in [0.2, 0.25) is 0 Å². The van der Waals surface area contributed by atoms with Crippen molar-refractivity contribution in [3.63, 3.8) is 0 Å². The first-order valence-corrected chi connectivity index (χ1v) is 9.12. The summed E-state index contributed by atoms with van der Waals surface area (Å²) in [6.45, 7) is 4.36. The molecule has 0 aliphatic carbocycles. The molecule has 5 aromatic rings. The Balaban J connectivity index is 2.04. The minimum atomic E-state index is 1.29. The summed E-state index contributed by atoms with van der Waals surface area (Å²) in [5.74, 6) is 0. The van der Waals surface area contributed by atoms with Crippen molar-refractivity contribution >= 4 is 32.3 Å². The highest BCUT2D eigenvalue weighted by Gasteiger charge is 2.13. The second kappa shape index (κ2) is 5.71. The normalized spacial score (nSPS) is 11.5. The lowest BCUT2D eigenvalue weighted by Crippen LogP contribution is -1.89. The van der Waals surface area contributed by atoms with Gasteiger partial charge in [-0.3, -0.25) is 0 Å². The molecule has 0 fully saturated rings. The fourth-order valence-electron chi connectivity index (χ4n) is 4.13. The summed E-state index contributed by atoms with van der Waals surface area (Å²) in [5.41, 5.74) is 5.27. The van der Waals surface area contributed by atoms with Crippen LogP contribution in [0.15, 0.2) is 84.9 Å². The molecule has 0 saturated carbocycles. The fraction of sp³-hybridized carbons (Fsp3) is 0.0769. The molecule has 0 amide bonds. The average Bonchev–Trinajstić information content (AvgIpc) is 2.66. The Morgan fingerprint density at radius 1 is 0.462 bits per heavy atom. The summed E-state index contributed by atoms with van der Waals surface area (Å²) < 4.78 is 0. The van der Waals surface area contributed by atoms with Crippen molar-refractivity contribution in [2.45, 2.75) is 13.8 Å². The van der Waals surface area contributed by atoms with Crippen LogP contribution in [0.25, 0.3) is 43.4 Å². The summed E-state index contributed by atoms with van der Waals surface area (Å²) in [6, 6.07) is 31.2. The van der Waals surface area contributed by atoms with E-state index in [2.05, 4.69) is 98.8 Å². The van der Waals surface area contributed by atoms with Gasteiger partial charge in [-0.1, -0.05) is 84.4 Å². The monoisotopic (exact) mass is 332 g/mol. The quantitative estimate of drug-likeness (QED) is 0.280. The Hall–Kier alpha value is -3.12. The number of aryl methyl sites for hydroxylation is 2. The van der Waals surface area contributed by atoms with Crippen molar-refractivity contribution in [1.82, 2.24) is 0 Å². The maximum Gasteiger partial charge on any atom is -0.00205 e. The molecular weight excluding hydrogens is 312 g/mol. The zero-order valence-electron chi connectivity index (χ0n) is 15.1. The number of fused-ring (bicyclic) bond motifs is 3. The van der Waals surface area contributed by atoms with Crippen LogP contribution in [0.4, 0.5) is 0 Å². The van der Waals surface area contributed by atoms with E-state index >= 15 is 0 Å². The molecule has 0 heterocycles. The van der Waals surface area contributed by atoms with E-state index in [9.17, 15) is 0 Å². The van der Waals surface area contributed by atoms with Crippen LogP contribution in [0.5, 0.6) is 0 Å². The van der Waals surface area contributed by atoms with E-state index < -0.39 is 0 Å². The second-order valence-electron chi connectivity index (χ2n) is 7.23. The molecule has 0 spiro atoms. The van der Waals surface area contributed by atoms with Crippen molar-refractivity contribution in [2.24, 2.45) is 0 Å². The SMILES string of the molecule is Cc1cc(-c2c3ccccc3cc3ccccc23)c2cc(C)ccc2c1. The molecule has 5 aromatic carbocycles. The largest absolute Gasteiger partial charge is 0.0616 e. The van der Waals surface area contributed by atoms with Crippen molar-refractivity contribution in [3.8, 4) is 11.1 Å². The Morgan fingerprint density at radius 2 is 1.08 bits per heavy atom. The molecule has 0 atom stereocenters. The zero-order chi connectivity index (χ0) is 17.7. The van der Waals surface area contributed by atoms with Gasteiger partial charge >= 0.3 is 0 Å². The van der Waals surface area contributed by atoms with Gasteiger partial charge in [-0.2, -0.15) is 0 Å². The minimum Gasteiger partial charge on any atom is -0.0616 e. The lowest BCUT2D eigenvalue weighted by atomic mass is 9.88. The standard InChI is InChI=1S/C26H20/c1-17-11-12-21-13-18(2)15-25(24(21)14-17)26-22-9-5-3-7-19(22)16-20-8-4-6-10-23(20)26/h3-16H,1-2H3. The summed E-state index contributed by atoms with van der Waals surface area (Å²) in [6.07, 6.45) is 0. The smallest absolute Gasteiger partial charge is 0.00205 e. The van der Waals surface area contributed by atoms with Crippen molar-refractivity contribution in [2.75, 3.05) is 0 Å². The van der Waals surface area contributed by atoms with E-state index in [1.807, 2.05) is 0 Å². The first kappa shape index (κ1) is 15.2. The van der Waals surface area contributed by atoms with E-state index in [0.29, 0.717) is 0 Å². The first-order valence-electron chi connectivity index (χ1n) is 9.12. The van der Waals surface area contributed by atoms with Gasteiger partial charge in [0.2, 0.25) is 0 Å². The highest BCUT2D eigenvalue weighted by atomic mass is 14.2. The van der Waals surface area contributed by atoms with E-state index in [0.717, 1.165) is 0 Å². The summed E-state index contributed by atoms with van der Waals surface area (Å²) in [5, 5.41) is 7.87. The molecule has 0 radical (unpaired) electrons. The molecule has 5 rings (SSSR count). The highest BCUT2D eigenvalue weighted by Crippen LogP contribution is 2.40. The summed E-state index contributed by atoms with van der Waals surface area (Å²) in [4.78, 5) is 0. The highest BCUT2D eigenvalue weighted by molar-refractivity contribution is 6.16. The van der Waals surface area contributed by atoms with Crippen molar-refractivity contribution < 1.29 is 0 Å². The maximum atomic E-state index is 2.34. The predicted molar refractivity (Wildman–Crippen MR) is 114 cm³/mol. The van der Waals surface area contributed by atoms with Gasteiger partial charge < -0.3 is 0 Å². The third kappa shape index (κ3) is 2.30. The van der Waals surface area contributed by atoms with Crippen LogP contribution in [0.3, 0.4) is 0 Å². The first-order chi connectivity index (χ1) is 12.7. The molecule has 0 nitrogen and oxygen atoms in total. The van der Waals surface area contributed by atoms with Gasteiger partial charge in [0.1, 0.15) is 0 Å². The Bertz CT molecular complexity index is 1240. The molecule has 0 aliphatic rings. The van der Waals surface area contributed by atoms with Crippen LogP contribution in [0, 0.1) is 13.8 Å². The van der Waals surface area contributed by atoms with Crippen molar-refractivity contribution in [1.29, 1.82) is 0 Å². The van der Waals surface area contributed by atoms with E-state index in [1.54, 1.807) is 0 Å². The lowest BCUT2D eigenvalue weighted by molar-refractivity contribution is 1.47.